The Morgan fingerprint density at radius 2 is 2.26 bits per heavy atom. The van der Waals surface area contributed by atoms with Gasteiger partial charge in [-0.2, -0.15) is 5.10 Å². The van der Waals surface area contributed by atoms with Crippen LogP contribution in [0.4, 0.5) is 0 Å². The van der Waals surface area contributed by atoms with Crippen molar-refractivity contribution in [2.24, 2.45) is 5.92 Å². The lowest BCUT2D eigenvalue weighted by Gasteiger charge is -2.20. The van der Waals surface area contributed by atoms with E-state index in [1.165, 1.54) is 0 Å². The van der Waals surface area contributed by atoms with Gasteiger partial charge in [0.25, 0.3) is 0 Å². The number of sulfone groups is 1. The first kappa shape index (κ1) is 12.9. The van der Waals surface area contributed by atoms with E-state index in [1.54, 1.807) is 22.8 Å². The molecule has 0 radical (unpaired) electrons. The van der Waals surface area contributed by atoms with Crippen molar-refractivity contribution in [3.63, 3.8) is 0 Å². The highest BCUT2D eigenvalue weighted by molar-refractivity contribution is 7.91. The van der Waals surface area contributed by atoms with E-state index in [9.17, 15) is 8.42 Å². The van der Waals surface area contributed by atoms with Gasteiger partial charge in [-0.15, -0.1) is 0 Å². The number of fused-ring (bicyclic) bond motifs is 1. The molecule has 7 heteroatoms. The molecule has 0 aliphatic carbocycles. The van der Waals surface area contributed by atoms with Gasteiger partial charge >= 0.3 is 0 Å². The Hall–Kier alpha value is -1.14. The molecule has 5 nitrogen and oxygen atoms in total. The van der Waals surface area contributed by atoms with E-state index in [4.69, 9.17) is 11.6 Å². The zero-order valence-electron chi connectivity index (χ0n) is 10.3. The Morgan fingerprint density at radius 1 is 1.42 bits per heavy atom. The molecule has 0 aromatic carbocycles. The number of pyridine rings is 1. The van der Waals surface area contributed by atoms with Crippen LogP contribution in [0.1, 0.15) is 18.7 Å². The first-order valence-electron chi connectivity index (χ1n) is 6.23. The molecule has 3 rings (SSSR count). The number of nitrogens with zero attached hydrogens (tertiary/aromatic N) is 3. The molecular formula is C12H14ClN3O2S. The lowest BCUT2D eigenvalue weighted by molar-refractivity contribution is 0.475. The average molecular weight is 300 g/mol. The molecule has 1 fully saturated rings. The molecule has 1 aliphatic rings. The molecule has 102 valence electrons. The van der Waals surface area contributed by atoms with Crippen molar-refractivity contribution in [1.29, 1.82) is 0 Å². The van der Waals surface area contributed by atoms with Gasteiger partial charge in [-0.25, -0.2) is 17.9 Å². The molecule has 2 aromatic heterocycles. The summed E-state index contributed by atoms with van der Waals surface area (Å²) in [4.78, 5) is 4.39. The van der Waals surface area contributed by atoms with E-state index in [1.807, 2.05) is 0 Å². The van der Waals surface area contributed by atoms with Gasteiger partial charge in [0.05, 0.1) is 16.5 Å². The Balaban J connectivity index is 1.81. The van der Waals surface area contributed by atoms with Crippen molar-refractivity contribution in [2.75, 3.05) is 11.5 Å². The normalized spacial score (nSPS) is 22.7. The molecule has 0 N–H and O–H groups in total. The summed E-state index contributed by atoms with van der Waals surface area (Å²) in [5.74, 6) is 1.39. The Morgan fingerprint density at radius 3 is 3.05 bits per heavy atom. The molecule has 3 heterocycles. The molecule has 0 saturated carbocycles. The van der Waals surface area contributed by atoms with Gasteiger partial charge < -0.3 is 0 Å². The lowest BCUT2D eigenvalue weighted by atomic mass is 10.0. The minimum atomic E-state index is -2.87. The third-order valence-electron chi connectivity index (χ3n) is 3.37. The molecule has 1 aliphatic heterocycles. The molecule has 0 amide bonds. The van der Waals surface area contributed by atoms with Crippen LogP contribution in [-0.2, 0) is 16.3 Å². The van der Waals surface area contributed by atoms with Gasteiger partial charge in [0, 0.05) is 12.6 Å². The number of hydrogen-bond donors (Lipinski definition) is 0. The minimum Gasteiger partial charge on any atom is -0.229 e. The van der Waals surface area contributed by atoms with Crippen LogP contribution in [0.3, 0.4) is 0 Å². The van der Waals surface area contributed by atoms with E-state index >= 15 is 0 Å². The van der Waals surface area contributed by atoms with Crippen LogP contribution in [-0.4, -0.2) is 34.5 Å². The number of rotatable bonds is 2. The van der Waals surface area contributed by atoms with Gasteiger partial charge in [-0.1, -0.05) is 11.6 Å². The first-order valence-corrected chi connectivity index (χ1v) is 8.43. The smallest absolute Gasteiger partial charge is 0.155 e. The minimum absolute atomic E-state index is 0.131. The molecule has 1 atom stereocenters. The average Bonchev–Trinajstić information content (AvgIpc) is 2.68. The summed E-state index contributed by atoms with van der Waals surface area (Å²) in [5, 5.41) is 4.94. The second-order valence-electron chi connectivity index (χ2n) is 5.00. The fourth-order valence-corrected chi connectivity index (χ4v) is 4.46. The van der Waals surface area contributed by atoms with Crippen molar-refractivity contribution in [2.45, 2.75) is 19.3 Å². The maximum Gasteiger partial charge on any atom is 0.155 e. The van der Waals surface area contributed by atoms with E-state index in [-0.39, 0.29) is 11.7 Å². The molecule has 19 heavy (non-hydrogen) atoms. The maximum absolute atomic E-state index is 11.6. The van der Waals surface area contributed by atoms with Gasteiger partial charge in [-0.05, 0) is 30.9 Å². The van der Waals surface area contributed by atoms with E-state index < -0.39 is 9.84 Å². The van der Waals surface area contributed by atoms with Crippen molar-refractivity contribution in [3.8, 4) is 0 Å². The maximum atomic E-state index is 11.6. The Labute approximate surface area is 116 Å². The quantitative estimate of drug-likeness (QED) is 0.847. The van der Waals surface area contributed by atoms with Gasteiger partial charge in [0.2, 0.25) is 0 Å². The third kappa shape index (κ3) is 2.90. The molecule has 0 bridgehead atoms. The second-order valence-corrected chi connectivity index (χ2v) is 7.67. The van der Waals surface area contributed by atoms with Crippen LogP contribution in [0, 0.1) is 5.92 Å². The van der Waals surface area contributed by atoms with Crippen molar-refractivity contribution < 1.29 is 8.42 Å². The van der Waals surface area contributed by atoms with Crippen LogP contribution in [0.5, 0.6) is 0 Å². The van der Waals surface area contributed by atoms with E-state index in [0.29, 0.717) is 23.0 Å². The van der Waals surface area contributed by atoms with Gasteiger partial charge in [0.15, 0.2) is 21.3 Å². The third-order valence-corrected chi connectivity index (χ3v) is 5.48. The summed E-state index contributed by atoms with van der Waals surface area (Å²) in [6, 6.07) is 3.57. The topological polar surface area (TPSA) is 64.3 Å². The predicted molar refractivity (Wildman–Crippen MR) is 73.1 cm³/mol. The number of aromatic nitrogens is 3. The molecule has 1 saturated heterocycles. The highest BCUT2D eigenvalue weighted by atomic mass is 35.5. The summed E-state index contributed by atoms with van der Waals surface area (Å²) < 4.78 is 24.8. The molecule has 1 unspecified atom stereocenters. The van der Waals surface area contributed by atoms with Gasteiger partial charge in [-0.3, -0.25) is 0 Å². The van der Waals surface area contributed by atoms with E-state index in [0.717, 1.165) is 18.5 Å². The fourth-order valence-electron chi connectivity index (χ4n) is 2.53. The molecule has 0 spiro atoms. The monoisotopic (exact) mass is 299 g/mol. The summed E-state index contributed by atoms with van der Waals surface area (Å²) >= 11 is 5.89. The Bertz CT molecular complexity index is 711. The van der Waals surface area contributed by atoms with Crippen LogP contribution in [0.25, 0.3) is 5.65 Å². The van der Waals surface area contributed by atoms with Crippen LogP contribution in [0.15, 0.2) is 18.3 Å². The highest BCUT2D eigenvalue weighted by Crippen LogP contribution is 2.21. The summed E-state index contributed by atoms with van der Waals surface area (Å²) in [6.07, 6.45) is 3.98. The standard InChI is InChI=1S/C12H14ClN3O2S/c13-10-3-4-12-14-11(15-16(12)7-10)6-9-2-1-5-19(17,18)8-9/h3-4,7,9H,1-2,5-6,8H2. The Kier molecular flexibility index (Phi) is 3.22. The van der Waals surface area contributed by atoms with Crippen LogP contribution >= 0.6 is 11.6 Å². The summed E-state index contributed by atoms with van der Waals surface area (Å²) in [7, 11) is -2.87. The highest BCUT2D eigenvalue weighted by Gasteiger charge is 2.25. The van der Waals surface area contributed by atoms with Gasteiger partial charge in [0.1, 0.15) is 0 Å². The number of halogens is 1. The zero-order valence-corrected chi connectivity index (χ0v) is 11.9. The second kappa shape index (κ2) is 4.76. The number of hydrogen-bond acceptors (Lipinski definition) is 4. The van der Waals surface area contributed by atoms with Crippen LogP contribution < -0.4 is 0 Å². The molecular weight excluding hydrogens is 286 g/mol. The van der Waals surface area contributed by atoms with Crippen molar-refractivity contribution in [1.82, 2.24) is 14.6 Å². The van der Waals surface area contributed by atoms with Crippen LogP contribution in [0.2, 0.25) is 5.02 Å². The zero-order chi connectivity index (χ0) is 13.5. The summed E-state index contributed by atoms with van der Waals surface area (Å²) in [6.45, 7) is 0. The SMILES string of the molecule is O=S1(=O)CCCC(Cc2nc3ccc(Cl)cn3n2)C1. The molecule has 2 aromatic rings. The predicted octanol–water partition coefficient (Wildman–Crippen LogP) is 1.75. The van der Waals surface area contributed by atoms with E-state index in [2.05, 4.69) is 10.1 Å². The van der Waals surface area contributed by atoms with Crippen molar-refractivity contribution >= 4 is 27.1 Å². The summed E-state index contributed by atoms with van der Waals surface area (Å²) in [5.41, 5.74) is 0.734. The fraction of sp³-hybridized carbons (Fsp3) is 0.500. The van der Waals surface area contributed by atoms with Crippen molar-refractivity contribution in [3.05, 3.63) is 29.2 Å². The largest absolute Gasteiger partial charge is 0.229 e. The first-order chi connectivity index (χ1) is 9.02. The lowest BCUT2D eigenvalue weighted by Crippen LogP contribution is -2.26.